The Kier molecular flexibility index (Phi) is 6.66. The van der Waals surface area contributed by atoms with Crippen LogP contribution in [0.5, 0.6) is 0 Å². The van der Waals surface area contributed by atoms with Crippen molar-refractivity contribution in [3.05, 3.63) is 42.5 Å². The number of hydrogen-bond donors (Lipinski definition) is 1. The fourth-order valence-corrected chi connectivity index (χ4v) is 4.59. The molecule has 0 saturated heterocycles. The fraction of sp³-hybridized carbons (Fsp3) is 0.478. The minimum Gasteiger partial charge on any atom is -0.456 e. The first-order chi connectivity index (χ1) is 13.7. The molecule has 1 N–H and O–H groups in total. The normalized spacial score (nSPS) is 13.9. The largest absolute Gasteiger partial charge is 0.456 e. The Hall–Kier alpha value is -1.89. The number of ether oxygens (including phenoxy) is 1. The van der Waals surface area contributed by atoms with Crippen molar-refractivity contribution in [2.45, 2.75) is 57.0 Å². The second-order valence-electron chi connectivity index (χ2n) is 8.40. The summed E-state index contributed by atoms with van der Waals surface area (Å²) in [4.78, 5) is 0.269. The Morgan fingerprint density at radius 1 is 1.07 bits per heavy atom. The van der Waals surface area contributed by atoms with Crippen molar-refractivity contribution in [2.75, 3.05) is 13.7 Å². The summed E-state index contributed by atoms with van der Waals surface area (Å²) in [5, 5.41) is 1.74. The van der Waals surface area contributed by atoms with E-state index in [1.54, 1.807) is 25.3 Å². The number of hydrogen-bond acceptors (Lipinski definition) is 4. The van der Waals surface area contributed by atoms with Crippen LogP contribution in [0, 0.1) is 5.92 Å². The van der Waals surface area contributed by atoms with Gasteiger partial charge in [0.25, 0.3) is 0 Å². The molecule has 158 valence electrons. The van der Waals surface area contributed by atoms with Crippen molar-refractivity contribution in [1.29, 1.82) is 0 Å². The van der Waals surface area contributed by atoms with E-state index in [4.69, 9.17) is 9.15 Å². The van der Waals surface area contributed by atoms with Gasteiger partial charge in [0, 0.05) is 24.4 Å². The number of fused-ring (bicyclic) bond motifs is 3. The van der Waals surface area contributed by atoms with Gasteiger partial charge in [-0.2, -0.15) is 0 Å². The highest BCUT2D eigenvalue weighted by Gasteiger charge is 2.18. The quantitative estimate of drug-likeness (QED) is 0.474. The minimum absolute atomic E-state index is 0.1000. The molecular weight excluding hydrogens is 386 g/mol. The van der Waals surface area contributed by atoms with E-state index in [-0.39, 0.29) is 10.5 Å². The molecule has 3 aromatic rings. The summed E-state index contributed by atoms with van der Waals surface area (Å²) in [5.74, 6) is 0.450. The average molecular weight is 418 g/mol. The van der Waals surface area contributed by atoms with Crippen molar-refractivity contribution < 1.29 is 17.6 Å². The Morgan fingerprint density at radius 2 is 1.79 bits per heavy atom. The van der Waals surface area contributed by atoms with Crippen molar-refractivity contribution in [1.82, 2.24) is 4.72 Å². The SMILES string of the molecule is COC(C)(C)CCCC(C)CCNS(=O)(=O)c1ccc2oc3ccccc3c2c1. The lowest BCUT2D eigenvalue weighted by Gasteiger charge is -2.23. The molecule has 0 aliphatic rings. The molecule has 1 atom stereocenters. The molecule has 0 aliphatic heterocycles. The molecule has 1 aromatic heterocycles. The van der Waals surface area contributed by atoms with E-state index in [9.17, 15) is 8.42 Å². The van der Waals surface area contributed by atoms with Crippen LogP contribution in [0.3, 0.4) is 0 Å². The summed E-state index contributed by atoms with van der Waals surface area (Å²) in [6, 6.07) is 12.7. The molecule has 0 spiro atoms. The van der Waals surface area contributed by atoms with Gasteiger partial charge >= 0.3 is 0 Å². The lowest BCUT2D eigenvalue weighted by molar-refractivity contribution is 0.0127. The predicted octanol–water partition coefficient (Wildman–Crippen LogP) is 5.49. The lowest BCUT2D eigenvalue weighted by atomic mass is 9.95. The molecule has 29 heavy (non-hydrogen) atoms. The number of benzene rings is 2. The van der Waals surface area contributed by atoms with Crippen molar-refractivity contribution in [2.24, 2.45) is 5.92 Å². The zero-order valence-corrected chi connectivity index (χ0v) is 18.5. The zero-order valence-electron chi connectivity index (χ0n) is 17.7. The van der Waals surface area contributed by atoms with Crippen molar-refractivity contribution in [3.8, 4) is 0 Å². The van der Waals surface area contributed by atoms with Crippen LogP contribution in [-0.4, -0.2) is 27.7 Å². The molecule has 1 heterocycles. The van der Waals surface area contributed by atoms with Crippen LogP contribution in [-0.2, 0) is 14.8 Å². The standard InChI is InChI=1S/C23H31NO4S/c1-17(8-7-14-23(2,3)27-4)13-15-24-29(25,26)18-11-12-22-20(16-18)19-9-5-6-10-21(19)28-22/h5-6,9-12,16-17,24H,7-8,13-15H2,1-4H3. The highest BCUT2D eigenvalue weighted by Crippen LogP contribution is 2.30. The summed E-state index contributed by atoms with van der Waals surface area (Å²) in [7, 11) is -1.82. The van der Waals surface area contributed by atoms with E-state index in [1.165, 1.54) is 0 Å². The maximum atomic E-state index is 12.7. The van der Waals surface area contributed by atoms with Crippen LogP contribution < -0.4 is 4.72 Å². The number of furan rings is 1. The Labute approximate surface area is 173 Å². The third-order valence-corrected chi connectivity index (χ3v) is 7.07. The smallest absolute Gasteiger partial charge is 0.240 e. The molecule has 0 amide bonds. The first-order valence-electron chi connectivity index (χ1n) is 10.2. The van der Waals surface area contributed by atoms with Gasteiger partial charge in [-0.3, -0.25) is 0 Å². The van der Waals surface area contributed by atoms with Gasteiger partial charge < -0.3 is 9.15 Å². The monoisotopic (exact) mass is 417 g/mol. The van der Waals surface area contributed by atoms with Gasteiger partial charge in [-0.1, -0.05) is 38.0 Å². The van der Waals surface area contributed by atoms with Gasteiger partial charge in [0.05, 0.1) is 10.5 Å². The molecule has 0 aliphatic carbocycles. The second kappa shape index (κ2) is 8.86. The zero-order chi connectivity index (χ0) is 21.1. The van der Waals surface area contributed by atoms with E-state index in [0.29, 0.717) is 18.0 Å². The second-order valence-corrected chi connectivity index (χ2v) is 10.2. The fourth-order valence-electron chi connectivity index (χ4n) is 3.52. The van der Waals surface area contributed by atoms with Crippen LogP contribution in [0.4, 0.5) is 0 Å². The van der Waals surface area contributed by atoms with Gasteiger partial charge in [-0.15, -0.1) is 0 Å². The average Bonchev–Trinajstić information content (AvgIpc) is 3.05. The number of para-hydroxylation sites is 1. The molecule has 3 rings (SSSR count). The minimum atomic E-state index is -3.55. The van der Waals surface area contributed by atoms with Crippen LogP contribution in [0.25, 0.3) is 21.9 Å². The molecule has 1 unspecified atom stereocenters. The maximum absolute atomic E-state index is 12.7. The van der Waals surface area contributed by atoms with Crippen LogP contribution in [0.2, 0.25) is 0 Å². The molecule has 0 radical (unpaired) electrons. The van der Waals surface area contributed by atoms with E-state index in [0.717, 1.165) is 42.0 Å². The third kappa shape index (κ3) is 5.38. The summed E-state index contributed by atoms with van der Waals surface area (Å²) in [5.41, 5.74) is 1.35. The first kappa shape index (κ1) is 21.8. The predicted molar refractivity (Wildman–Crippen MR) is 118 cm³/mol. The number of nitrogens with one attached hydrogen (secondary N) is 1. The number of sulfonamides is 1. The van der Waals surface area contributed by atoms with E-state index < -0.39 is 10.0 Å². The topological polar surface area (TPSA) is 68.5 Å². The van der Waals surface area contributed by atoms with Gasteiger partial charge in [0.2, 0.25) is 10.0 Å². The van der Waals surface area contributed by atoms with Crippen LogP contribution in [0.15, 0.2) is 51.8 Å². The van der Waals surface area contributed by atoms with Crippen molar-refractivity contribution in [3.63, 3.8) is 0 Å². The van der Waals surface area contributed by atoms with E-state index >= 15 is 0 Å². The van der Waals surface area contributed by atoms with Crippen molar-refractivity contribution >= 4 is 32.0 Å². The molecular formula is C23H31NO4S. The molecule has 5 nitrogen and oxygen atoms in total. The Balaban J connectivity index is 1.59. The van der Waals surface area contributed by atoms with Gasteiger partial charge in [0.15, 0.2) is 0 Å². The third-order valence-electron chi connectivity index (χ3n) is 5.62. The Morgan fingerprint density at radius 3 is 2.55 bits per heavy atom. The Bertz CT molecular complexity index is 1070. The molecule has 0 bridgehead atoms. The highest BCUT2D eigenvalue weighted by molar-refractivity contribution is 7.89. The van der Waals surface area contributed by atoms with Crippen LogP contribution >= 0.6 is 0 Å². The van der Waals surface area contributed by atoms with Gasteiger partial charge in [-0.05, 0) is 56.9 Å². The van der Waals surface area contributed by atoms with E-state index in [2.05, 4.69) is 25.5 Å². The number of rotatable bonds is 10. The molecule has 6 heteroatoms. The maximum Gasteiger partial charge on any atom is 0.240 e. The van der Waals surface area contributed by atoms with Gasteiger partial charge in [0.1, 0.15) is 11.2 Å². The summed E-state index contributed by atoms with van der Waals surface area (Å²) >= 11 is 0. The molecule has 0 fully saturated rings. The summed E-state index contributed by atoms with van der Waals surface area (Å²) in [6.45, 7) is 6.77. The van der Waals surface area contributed by atoms with Crippen LogP contribution in [0.1, 0.15) is 46.5 Å². The number of methoxy groups -OCH3 is 1. The molecule has 0 saturated carbocycles. The summed E-state index contributed by atoms with van der Waals surface area (Å²) < 4.78 is 39.5. The highest BCUT2D eigenvalue weighted by atomic mass is 32.2. The van der Waals surface area contributed by atoms with E-state index in [1.807, 2.05) is 24.3 Å². The first-order valence-corrected chi connectivity index (χ1v) is 11.7. The molecule has 2 aromatic carbocycles. The lowest BCUT2D eigenvalue weighted by Crippen LogP contribution is -2.26. The summed E-state index contributed by atoms with van der Waals surface area (Å²) in [6.07, 6.45) is 3.93. The van der Waals surface area contributed by atoms with Gasteiger partial charge in [-0.25, -0.2) is 13.1 Å².